The molecular formula is C16H19F3. The molecule has 104 valence electrons. The molecule has 0 saturated heterocycles. The second-order valence-corrected chi connectivity index (χ2v) is 6.30. The van der Waals surface area contributed by atoms with Crippen molar-refractivity contribution in [2.24, 2.45) is 5.41 Å². The number of rotatable bonds is 2. The molecule has 1 aromatic carbocycles. The maximum absolute atomic E-state index is 12.8. The zero-order valence-corrected chi connectivity index (χ0v) is 11.6. The van der Waals surface area contributed by atoms with Gasteiger partial charge >= 0.3 is 6.18 Å². The zero-order valence-electron chi connectivity index (χ0n) is 11.6. The molecule has 1 saturated carbocycles. The van der Waals surface area contributed by atoms with Crippen molar-refractivity contribution in [3.05, 3.63) is 41.5 Å². The maximum atomic E-state index is 12.8. The highest BCUT2D eigenvalue weighted by Gasteiger charge is 2.35. The Labute approximate surface area is 112 Å². The Bertz CT molecular complexity index is 500. The molecule has 0 spiro atoms. The summed E-state index contributed by atoms with van der Waals surface area (Å²) < 4.78 is 38.4. The van der Waals surface area contributed by atoms with Crippen LogP contribution in [0.15, 0.2) is 24.8 Å². The predicted octanol–water partition coefficient (Wildman–Crippen LogP) is 5.64. The predicted molar refractivity (Wildman–Crippen MR) is 71.9 cm³/mol. The molecule has 19 heavy (non-hydrogen) atoms. The topological polar surface area (TPSA) is 0 Å². The highest BCUT2D eigenvalue weighted by molar-refractivity contribution is 5.71. The van der Waals surface area contributed by atoms with Crippen molar-refractivity contribution < 1.29 is 13.2 Å². The van der Waals surface area contributed by atoms with Crippen LogP contribution in [0.25, 0.3) is 5.57 Å². The van der Waals surface area contributed by atoms with Gasteiger partial charge in [0.2, 0.25) is 0 Å². The molecule has 0 aliphatic heterocycles. The summed E-state index contributed by atoms with van der Waals surface area (Å²) in [6, 6.07) is 4.06. The average molecular weight is 268 g/mol. The molecule has 3 heteroatoms. The van der Waals surface area contributed by atoms with Gasteiger partial charge in [0.25, 0.3) is 0 Å². The van der Waals surface area contributed by atoms with E-state index in [2.05, 4.69) is 6.58 Å². The molecule has 1 aromatic rings. The van der Waals surface area contributed by atoms with Crippen molar-refractivity contribution in [2.75, 3.05) is 0 Å². The molecule has 0 aromatic heterocycles. The molecule has 0 atom stereocenters. The van der Waals surface area contributed by atoms with Gasteiger partial charge < -0.3 is 0 Å². The lowest BCUT2D eigenvalue weighted by Gasteiger charge is -2.25. The van der Waals surface area contributed by atoms with Crippen LogP contribution >= 0.6 is 0 Å². The minimum atomic E-state index is -4.27. The van der Waals surface area contributed by atoms with E-state index < -0.39 is 11.7 Å². The van der Waals surface area contributed by atoms with Crippen molar-refractivity contribution in [3.63, 3.8) is 0 Å². The standard InChI is InChI=1S/C16H19F3/c1-10(15(2,3)4)13-8-7-12(16(17,18)19)9-14(13)11-5-6-11/h7-9,11H,1,5-6H2,2-4H3. The van der Waals surface area contributed by atoms with Crippen LogP contribution in [0.2, 0.25) is 0 Å². The fraction of sp³-hybridized carbons (Fsp3) is 0.500. The number of alkyl halides is 3. The van der Waals surface area contributed by atoms with E-state index in [0.717, 1.165) is 35.6 Å². The first-order valence-corrected chi connectivity index (χ1v) is 6.51. The summed E-state index contributed by atoms with van der Waals surface area (Å²) in [5.41, 5.74) is 1.92. The summed E-state index contributed by atoms with van der Waals surface area (Å²) in [4.78, 5) is 0. The van der Waals surface area contributed by atoms with Gasteiger partial charge in [-0.1, -0.05) is 33.4 Å². The van der Waals surface area contributed by atoms with Crippen molar-refractivity contribution in [2.45, 2.75) is 45.7 Å². The second kappa shape index (κ2) is 4.39. The third-order valence-corrected chi connectivity index (χ3v) is 3.63. The molecule has 0 amide bonds. The molecule has 1 fully saturated rings. The average Bonchev–Trinajstić information content (AvgIpc) is 3.08. The number of allylic oxidation sites excluding steroid dienone is 1. The maximum Gasteiger partial charge on any atom is 0.416 e. The van der Waals surface area contributed by atoms with Gasteiger partial charge in [-0.25, -0.2) is 0 Å². The van der Waals surface area contributed by atoms with Gasteiger partial charge in [-0.2, -0.15) is 13.2 Å². The first-order chi connectivity index (χ1) is 8.60. The third kappa shape index (κ3) is 3.02. The molecule has 0 radical (unpaired) electrons. The van der Waals surface area contributed by atoms with Crippen LogP contribution < -0.4 is 0 Å². The van der Waals surface area contributed by atoms with Crippen LogP contribution in [0, 0.1) is 5.41 Å². The number of hydrogen-bond donors (Lipinski definition) is 0. The fourth-order valence-electron chi connectivity index (χ4n) is 2.15. The van der Waals surface area contributed by atoms with Gasteiger partial charge in [-0.05, 0) is 53.0 Å². The molecule has 0 nitrogen and oxygen atoms in total. The Morgan fingerprint density at radius 3 is 2.16 bits per heavy atom. The van der Waals surface area contributed by atoms with Crippen molar-refractivity contribution in [1.82, 2.24) is 0 Å². The normalized spacial score (nSPS) is 16.5. The number of halogens is 3. The zero-order chi connectivity index (χ0) is 14.4. The van der Waals surface area contributed by atoms with Crippen molar-refractivity contribution in [1.29, 1.82) is 0 Å². The quantitative estimate of drug-likeness (QED) is 0.651. The van der Waals surface area contributed by atoms with Gasteiger partial charge in [-0.15, -0.1) is 0 Å². The Balaban J connectivity index is 2.48. The summed E-state index contributed by atoms with van der Waals surface area (Å²) in [5.74, 6) is 0.274. The Hall–Kier alpha value is -1.25. The van der Waals surface area contributed by atoms with Crippen molar-refractivity contribution in [3.8, 4) is 0 Å². The van der Waals surface area contributed by atoms with Crippen LogP contribution in [0.1, 0.15) is 56.2 Å². The summed E-state index contributed by atoms with van der Waals surface area (Å²) in [6.07, 6.45) is -2.32. The van der Waals surface area contributed by atoms with Gasteiger partial charge in [0, 0.05) is 0 Å². The molecule has 2 rings (SSSR count). The molecule has 1 aliphatic carbocycles. The van der Waals surface area contributed by atoms with Crippen LogP contribution in [-0.2, 0) is 6.18 Å². The Morgan fingerprint density at radius 1 is 1.16 bits per heavy atom. The first-order valence-electron chi connectivity index (χ1n) is 6.51. The van der Waals surface area contributed by atoms with Crippen LogP contribution in [0.4, 0.5) is 13.2 Å². The van der Waals surface area contributed by atoms with E-state index in [9.17, 15) is 13.2 Å². The minimum absolute atomic E-state index is 0.136. The van der Waals surface area contributed by atoms with E-state index in [1.54, 1.807) is 6.07 Å². The highest BCUT2D eigenvalue weighted by Crippen LogP contribution is 2.47. The van der Waals surface area contributed by atoms with Crippen LogP contribution in [0.5, 0.6) is 0 Å². The van der Waals surface area contributed by atoms with Crippen LogP contribution in [-0.4, -0.2) is 0 Å². The second-order valence-electron chi connectivity index (χ2n) is 6.30. The third-order valence-electron chi connectivity index (χ3n) is 3.63. The van der Waals surface area contributed by atoms with Gasteiger partial charge in [-0.3, -0.25) is 0 Å². The van der Waals surface area contributed by atoms with Gasteiger partial charge in [0.05, 0.1) is 5.56 Å². The van der Waals surface area contributed by atoms with Crippen LogP contribution in [0.3, 0.4) is 0 Å². The van der Waals surface area contributed by atoms with Gasteiger partial charge in [0.15, 0.2) is 0 Å². The van der Waals surface area contributed by atoms with E-state index in [-0.39, 0.29) is 11.3 Å². The van der Waals surface area contributed by atoms with E-state index in [1.165, 1.54) is 6.07 Å². The van der Waals surface area contributed by atoms with E-state index in [1.807, 2.05) is 20.8 Å². The summed E-state index contributed by atoms with van der Waals surface area (Å²) in [7, 11) is 0. The molecule has 0 bridgehead atoms. The van der Waals surface area contributed by atoms with Gasteiger partial charge in [0.1, 0.15) is 0 Å². The number of hydrogen-bond acceptors (Lipinski definition) is 0. The molecule has 0 unspecified atom stereocenters. The highest BCUT2D eigenvalue weighted by atomic mass is 19.4. The molecule has 1 aliphatic rings. The smallest absolute Gasteiger partial charge is 0.166 e. The minimum Gasteiger partial charge on any atom is -0.166 e. The lowest BCUT2D eigenvalue weighted by molar-refractivity contribution is -0.137. The SMILES string of the molecule is C=C(c1ccc(C(F)(F)F)cc1C1CC1)C(C)(C)C. The Kier molecular flexibility index (Phi) is 3.28. The molecular weight excluding hydrogens is 249 g/mol. The molecule has 0 heterocycles. The fourth-order valence-corrected chi connectivity index (χ4v) is 2.15. The molecule has 0 N–H and O–H groups in total. The van der Waals surface area contributed by atoms with E-state index in [4.69, 9.17) is 0 Å². The first kappa shape index (κ1) is 14.2. The van der Waals surface area contributed by atoms with Crippen molar-refractivity contribution >= 4 is 5.57 Å². The monoisotopic (exact) mass is 268 g/mol. The lowest BCUT2D eigenvalue weighted by Crippen LogP contribution is -2.11. The summed E-state index contributed by atoms with van der Waals surface area (Å²) >= 11 is 0. The summed E-state index contributed by atoms with van der Waals surface area (Å²) in [5, 5.41) is 0. The Morgan fingerprint density at radius 2 is 1.74 bits per heavy atom. The van der Waals surface area contributed by atoms with E-state index in [0.29, 0.717) is 0 Å². The number of benzene rings is 1. The largest absolute Gasteiger partial charge is 0.416 e. The lowest BCUT2D eigenvalue weighted by atomic mass is 9.80. The van der Waals surface area contributed by atoms with E-state index >= 15 is 0 Å². The summed E-state index contributed by atoms with van der Waals surface area (Å²) in [6.45, 7) is 10.2.